The van der Waals surface area contributed by atoms with E-state index in [2.05, 4.69) is 4.72 Å². The van der Waals surface area contributed by atoms with E-state index >= 15 is 0 Å². The van der Waals surface area contributed by atoms with Crippen LogP contribution in [0.2, 0.25) is 0 Å². The third kappa shape index (κ3) is 6.44. The molecule has 0 unspecified atom stereocenters. The number of rotatable bonds is 8. The molecular formula is C21H23F3N2O4S. The second-order valence-corrected chi connectivity index (χ2v) is 8.97. The van der Waals surface area contributed by atoms with Crippen LogP contribution >= 0.6 is 0 Å². The van der Waals surface area contributed by atoms with Crippen LogP contribution < -0.4 is 9.46 Å². The second-order valence-electron chi connectivity index (χ2n) is 7.26. The molecular weight excluding hydrogens is 433 g/mol. The van der Waals surface area contributed by atoms with Crippen LogP contribution in [0.25, 0.3) is 0 Å². The summed E-state index contributed by atoms with van der Waals surface area (Å²) in [6.07, 6.45) is 1.49. The maximum atomic E-state index is 13.5. The number of carbonyl (C=O) groups excluding carboxylic acids is 1. The number of sulfonamides is 1. The van der Waals surface area contributed by atoms with Crippen LogP contribution in [0.1, 0.15) is 25.7 Å². The molecule has 2 aromatic carbocycles. The zero-order valence-corrected chi connectivity index (χ0v) is 17.5. The van der Waals surface area contributed by atoms with E-state index in [1.807, 2.05) is 0 Å². The van der Waals surface area contributed by atoms with Crippen LogP contribution in [0.15, 0.2) is 47.4 Å². The van der Waals surface area contributed by atoms with Crippen LogP contribution in [0.4, 0.5) is 13.2 Å². The van der Waals surface area contributed by atoms with Crippen molar-refractivity contribution in [2.45, 2.75) is 36.6 Å². The van der Waals surface area contributed by atoms with E-state index in [0.29, 0.717) is 32.4 Å². The molecule has 1 heterocycles. The molecule has 0 bridgehead atoms. The van der Waals surface area contributed by atoms with Crippen LogP contribution in [-0.4, -0.2) is 45.0 Å². The van der Waals surface area contributed by atoms with Crippen molar-refractivity contribution in [1.29, 1.82) is 0 Å². The van der Waals surface area contributed by atoms with E-state index in [4.69, 9.17) is 4.74 Å². The monoisotopic (exact) mass is 456 g/mol. The Kier molecular flexibility index (Phi) is 7.55. The van der Waals surface area contributed by atoms with E-state index in [1.54, 1.807) is 4.90 Å². The van der Waals surface area contributed by atoms with E-state index < -0.39 is 27.5 Å². The fraction of sp³-hybridized carbons (Fsp3) is 0.381. The topological polar surface area (TPSA) is 75.7 Å². The van der Waals surface area contributed by atoms with Gasteiger partial charge in [0.1, 0.15) is 11.6 Å². The third-order valence-corrected chi connectivity index (χ3v) is 6.52. The Morgan fingerprint density at radius 3 is 2.32 bits per heavy atom. The van der Waals surface area contributed by atoms with Crippen molar-refractivity contribution in [2.75, 3.05) is 19.7 Å². The molecule has 1 fully saturated rings. The number of hydrogen-bond acceptors (Lipinski definition) is 4. The minimum Gasteiger partial charge on any atom is -0.491 e. The quantitative estimate of drug-likeness (QED) is 0.619. The summed E-state index contributed by atoms with van der Waals surface area (Å²) in [5.74, 6) is -2.16. The lowest BCUT2D eigenvalue weighted by Gasteiger charge is -2.32. The summed E-state index contributed by atoms with van der Waals surface area (Å²) in [5, 5.41) is 0. The highest BCUT2D eigenvalue weighted by atomic mass is 32.2. The Hall–Kier alpha value is -2.59. The number of ether oxygens (including phenoxy) is 1. The van der Waals surface area contributed by atoms with Gasteiger partial charge in [0.05, 0.1) is 11.5 Å². The maximum absolute atomic E-state index is 13.5. The highest BCUT2D eigenvalue weighted by Gasteiger charge is 2.26. The molecule has 0 aromatic heterocycles. The molecule has 168 valence electrons. The van der Waals surface area contributed by atoms with Crippen LogP contribution in [0.3, 0.4) is 0 Å². The molecule has 1 aliphatic rings. The van der Waals surface area contributed by atoms with Crippen molar-refractivity contribution in [2.24, 2.45) is 0 Å². The summed E-state index contributed by atoms with van der Waals surface area (Å²) < 4.78 is 72.0. The van der Waals surface area contributed by atoms with Gasteiger partial charge < -0.3 is 9.64 Å². The fourth-order valence-electron chi connectivity index (χ4n) is 3.30. The van der Waals surface area contributed by atoms with Crippen LogP contribution in [0, 0.1) is 17.5 Å². The number of benzene rings is 2. The fourth-order valence-corrected chi connectivity index (χ4v) is 4.61. The normalized spacial score (nSPS) is 15.1. The van der Waals surface area contributed by atoms with E-state index in [9.17, 15) is 26.4 Å². The predicted molar refractivity (Wildman–Crippen MR) is 107 cm³/mol. The summed E-state index contributed by atoms with van der Waals surface area (Å²) in [5.41, 5.74) is 0. The van der Waals surface area contributed by atoms with Gasteiger partial charge in [0.15, 0.2) is 11.6 Å². The van der Waals surface area contributed by atoms with Gasteiger partial charge in [-0.15, -0.1) is 0 Å². The Morgan fingerprint density at radius 1 is 1.03 bits per heavy atom. The minimum absolute atomic E-state index is 0.00926. The number of nitrogens with zero attached hydrogens (tertiary/aromatic N) is 1. The van der Waals surface area contributed by atoms with Gasteiger partial charge in [0.2, 0.25) is 15.9 Å². The number of piperidine rings is 1. The van der Waals surface area contributed by atoms with Gasteiger partial charge in [-0.2, -0.15) is 0 Å². The van der Waals surface area contributed by atoms with Gasteiger partial charge in [0.25, 0.3) is 0 Å². The smallest absolute Gasteiger partial charge is 0.240 e. The first-order valence-corrected chi connectivity index (χ1v) is 11.4. The highest BCUT2D eigenvalue weighted by Crippen LogP contribution is 2.19. The van der Waals surface area contributed by atoms with Crippen molar-refractivity contribution < 1.29 is 31.1 Å². The summed E-state index contributed by atoms with van der Waals surface area (Å²) >= 11 is 0. The SMILES string of the molecule is O=C(CCCOc1ccc(F)cc1F)N1CCC(NS(=O)(=O)c2ccc(F)cc2)CC1. The average Bonchev–Trinajstić information content (AvgIpc) is 2.73. The Balaban J connectivity index is 1.39. The number of nitrogens with one attached hydrogen (secondary N) is 1. The van der Waals surface area contributed by atoms with E-state index in [1.165, 1.54) is 18.2 Å². The van der Waals surface area contributed by atoms with Crippen molar-refractivity contribution in [1.82, 2.24) is 9.62 Å². The lowest BCUT2D eigenvalue weighted by atomic mass is 10.1. The van der Waals surface area contributed by atoms with Gasteiger partial charge in [-0.3, -0.25) is 4.79 Å². The summed E-state index contributed by atoms with van der Waals surface area (Å²) in [6, 6.07) is 7.29. The molecule has 1 saturated heterocycles. The molecule has 0 atom stereocenters. The van der Waals surface area contributed by atoms with Crippen molar-refractivity contribution in [3.8, 4) is 5.75 Å². The summed E-state index contributed by atoms with van der Waals surface area (Å²) in [7, 11) is -3.76. The molecule has 10 heteroatoms. The molecule has 0 saturated carbocycles. The molecule has 0 radical (unpaired) electrons. The first-order chi connectivity index (χ1) is 14.7. The number of likely N-dealkylation sites (tertiary alicyclic amines) is 1. The highest BCUT2D eigenvalue weighted by molar-refractivity contribution is 7.89. The second kappa shape index (κ2) is 10.1. The third-order valence-electron chi connectivity index (χ3n) is 4.98. The molecule has 0 spiro atoms. The largest absolute Gasteiger partial charge is 0.491 e. The standard InChI is InChI=1S/C21H23F3N2O4S/c22-15-3-6-18(7-4-15)31(28,29)25-17-9-11-26(12-10-17)21(27)2-1-13-30-20-8-5-16(23)14-19(20)24/h3-8,14,17,25H,1-2,9-13H2. The molecule has 6 nitrogen and oxygen atoms in total. The molecule has 3 rings (SSSR count). The molecule has 1 amide bonds. The Labute approximate surface area is 179 Å². The number of halogens is 3. The van der Waals surface area contributed by atoms with Gasteiger partial charge in [-0.1, -0.05) is 0 Å². The first kappa shape index (κ1) is 23.1. The van der Waals surface area contributed by atoms with Gasteiger partial charge in [0, 0.05) is 31.6 Å². The number of hydrogen-bond donors (Lipinski definition) is 1. The number of amides is 1. The van der Waals surface area contributed by atoms with E-state index in [-0.39, 0.29) is 35.6 Å². The van der Waals surface area contributed by atoms with Crippen LogP contribution in [-0.2, 0) is 14.8 Å². The predicted octanol–water partition coefficient (Wildman–Crippen LogP) is 3.23. The molecule has 1 aliphatic heterocycles. The maximum Gasteiger partial charge on any atom is 0.240 e. The van der Waals surface area contributed by atoms with Gasteiger partial charge >= 0.3 is 0 Å². The zero-order valence-electron chi connectivity index (χ0n) is 16.7. The molecule has 0 aliphatic carbocycles. The first-order valence-electron chi connectivity index (χ1n) is 9.88. The summed E-state index contributed by atoms with van der Waals surface area (Å²) in [4.78, 5) is 14.0. The van der Waals surface area contributed by atoms with E-state index in [0.717, 1.165) is 24.3 Å². The molecule has 1 N–H and O–H groups in total. The molecule has 2 aromatic rings. The van der Waals surface area contributed by atoms with Crippen molar-refractivity contribution in [3.63, 3.8) is 0 Å². The molecule has 31 heavy (non-hydrogen) atoms. The van der Waals surface area contributed by atoms with Crippen LogP contribution in [0.5, 0.6) is 5.75 Å². The minimum atomic E-state index is -3.76. The van der Waals surface area contributed by atoms with Gasteiger partial charge in [-0.05, 0) is 55.7 Å². The lowest BCUT2D eigenvalue weighted by Crippen LogP contribution is -2.46. The zero-order chi connectivity index (χ0) is 22.4. The average molecular weight is 456 g/mol. The summed E-state index contributed by atoms with van der Waals surface area (Å²) in [6.45, 7) is 0.925. The van der Waals surface area contributed by atoms with Gasteiger partial charge in [-0.25, -0.2) is 26.3 Å². The Morgan fingerprint density at radius 2 is 1.68 bits per heavy atom. The number of carbonyl (C=O) groups is 1. The van der Waals surface area contributed by atoms with Crippen molar-refractivity contribution in [3.05, 3.63) is 59.9 Å². The Bertz CT molecular complexity index is 1010. The van der Waals surface area contributed by atoms with Crippen molar-refractivity contribution >= 4 is 15.9 Å². The lowest BCUT2D eigenvalue weighted by molar-refractivity contribution is -0.132.